The molecule has 0 amide bonds. The number of rotatable bonds is 8. The Hall–Kier alpha value is -3.95. The topological polar surface area (TPSA) is 124 Å². The molecule has 2 heterocycles. The van der Waals surface area contributed by atoms with Gasteiger partial charge in [-0.2, -0.15) is 0 Å². The maximum absolute atomic E-state index is 13.3. The molecule has 0 aromatic heterocycles. The third kappa shape index (κ3) is 4.59. The van der Waals surface area contributed by atoms with Crippen LogP contribution in [0.3, 0.4) is 0 Å². The minimum Gasteiger partial charge on any atom is -0.504 e. The molecule has 3 N–H and O–H groups in total. The third-order valence-electron chi connectivity index (χ3n) is 7.35. The lowest BCUT2D eigenvalue weighted by molar-refractivity contribution is 0.0191. The summed E-state index contributed by atoms with van der Waals surface area (Å²) in [4.78, 5) is 13.3. The number of Topliss-reactive ketones (excluding diaryl/α,β-unsaturated/α-hetero) is 1. The first-order chi connectivity index (χ1) is 18.3. The monoisotopic (exact) mass is 522 g/mol. The van der Waals surface area contributed by atoms with Crippen LogP contribution in [-0.2, 0) is 15.9 Å². The highest BCUT2D eigenvalue weighted by Crippen LogP contribution is 2.52. The maximum Gasteiger partial charge on any atom is 0.171 e. The molecule has 0 radical (unpaired) electrons. The highest BCUT2D eigenvalue weighted by molar-refractivity contribution is 6.01. The number of hydrogen-bond donors (Lipinski definition) is 3. The first kappa shape index (κ1) is 25.7. The molecule has 200 valence electrons. The van der Waals surface area contributed by atoms with E-state index < -0.39 is 0 Å². The predicted molar refractivity (Wildman–Crippen MR) is 136 cm³/mol. The van der Waals surface area contributed by atoms with Crippen LogP contribution in [0, 0.1) is 11.8 Å². The SMILES string of the molecule is COc1cc(CC(=O)c2cc([C@H]3OCC4C3CO[C@@H]4c3ccc(O)c(OC)c3)cc(OC)c2O)ccc1O. The average Bonchev–Trinajstić information content (AvgIpc) is 3.53. The second kappa shape index (κ2) is 10.4. The number of hydrogen-bond acceptors (Lipinski definition) is 9. The number of ether oxygens (including phenoxy) is 5. The van der Waals surface area contributed by atoms with Crippen LogP contribution in [0.1, 0.15) is 39.3 Å². The van der Waals surface area contributed by atoms with Gasteiger partial charge in [0.25, 0.3) is 0 Å². The van der Waals surface area contributed by atoms with Crippen LogP contribution in [0.5, 0.6) is 34.5 Å². The number of ketones is 1. The Kier molecular flexibility index (Phi) is 7.05. The number of methoxy groups -OCH3 is 3. The molecule has 2 unspecified atom stereocenters. The molecule has 0 spiro atoms. The number of carbonyl (C=O) groups is 1. The van der Waals surface area contributed by atoms with Gasteiger partial charge >= 0.3 is 0 Å². The van der Waals surface area contributed by atoms with E-state index >= 15 is 0 Å². The van der Waals surface area contributed by atoms with E-state index in [2.05, 4.69) is 0 Å². The highest BCUT2D eigenvalue weighted by Gasteiger charge is 2.48. The van der Waals surface area contributed by atoms with Gasteiger partial charge in [-0.05, 0) is 53.1 Å². The summed E-state index contributed by atoms with van der Waals surface area (Å²) >= 11 is 0. The summed E-state index contributed by atoms with van der Waals surface area (Å²) in [5, 5.41) is 30.6. The first-order valence-corrected chi connectivity index (χ1v) is 12.2. The predicted octanol–water partition coefficient (Wildman–Crippen LogP) is 4.33. The summed E-state index contributed by atoms with van der Waals surface area (Å²) in [7, 11) is 4.37. The van der Waals surface area contributed by atoms with Crippen molar-refractivity contribution in [1.29, 1.82) is 0 Å². The molecule has 2 aliphatic heterocycles. The molecule has 0 saturated carbocycles. The van der Waals surface area contributed by atoms with Gasteiger partial charge in [0.2, 0.25) is 0 Å². The summed E-state index contributed by atoms with van der Waals surface area (Å²) in [6.07, 6.45) is -0.606. The molecule has 38 heavy (non-hydrogen) atoms. The second-order valence-corrected chi connectivity index (χ2v) is 9.49. The van der Waals surface area contributed by atoms with Crippen LogP contribution < -0.4 is 14.2 Å². The van der Waals surface area contributed by atoms with Crippen LogP contribution in [0.2, 0.25) is 0 Å². The van der Waals surface area contributed by atoms with Crippen molar-refractivity contribution in [3.05, 3.63) is 70.8 Å². The van der Waals surface area contributed by atoms with Gasteiger partial charge in [-0.1, -0.05) is 12.1 Å². The number of phenolic OH excluding ortho intramolecular Hbond substituents is 3. The van der Waals surface area contributed by atoms with Gasteiger partial charge in [-0.25, -0.2) is 0 Å². The second-order valence-electron chi connectivity index (χ2n) is 9.49. The quantitative estimate of drug-likeness (QED) is 0.371. The van der Waals surface area contributed by atoms with E-state index in [1.54, 1.807) is 36.4 Å². The molecule has 4 atom stereocenters. The van der Waals surface area contributed by atoms with Gasteiger partial charge in [-0.15, -0.1) is 0 Å². The average molecular weight is 523 g/mol. The van der Waals surface area contributed by atoms with E-state index in [0.29, 0.717) is 30.1 Å². The molecule has 0 bridgehead atoms. The van der Waals surface area contributed by atoms with Gasteiger partial charge in [0, 0.05) is 18.3 Å². The fraction of sp³-hybridized carbons (Fsp3) is 0.345. The summed E-state index contributed by atoms with van der Waals surface area (Å²) in [5.41, 5.74) is 2.35. The van der Waals surface area contributed by atoms with Crippen LogP contribution in [0.25, 0.3) is 0 Å². The molecule has 2 saturated heterocycles. The Morgan fingerprint density at radius 3 is 1.95 bits per heavy atom. The van der Waals surface area contributed by atoms with Gasteiger partial charge in [-0.3, -0.25) is 4.79 Å². The number of fused-ring (bicyclic) bond motifs is 1. The van der Waals surface area contributed by atoms with Crippen molar-refractivity contribution in [2.24, 2.45) is 11.8 Å². The van der Waals surface area contributed by atoms with Gasteiger partial charge < -0.3 is 39.0 Å². The molecule has 2 aliphatic rings. The van der Waals surface area contributed by atoms with E-state index in [-0.39, 0.29) is 70.6 Å². The zero-order valence-electron chi connectivity index (χ0n) is 21.3. The maximum atomic E-state index is 13.3. The number of benzene rings is 3. The van der Waals surface area contributed by atoms with Crippen molar-refractivity contribution in [1.82, 2.24) is 0 Å². The Bertz CT molecular complexity index is 1350. The lowest BCUT2D eigenvalue weighted by atomic mass is 9.84. The standard InChI is InChI=1S/C29H30O9/c1-34-24-9-15(4-6-21(24)30)8-23(32)18-10-17(12-26(36-3)27(18)33)29-20-14-37-28(19(20)13-38-29)16-5-7-22(31)25(11-16)35-2/h4-7,9-12,19-20,28-31,33H,8,13-14H2,1-3H3/t19?,20?,28-,29-/m1/s1. The van der Waals surface area contributed by atoms with Crippen LogP contribution in [0.15, 0.2) is 48.5 Å². The number of carbonyl (C=O) groups excluding carboxylic acids is 1. The largest absolute Gasteiger partial charge is 0.504 e. The van der Waals surface area contributed by atoms with Crippen molar-refractivity contribution in [2.75, 3.05) is 34.5 Å². The smallest absolute Gasteiger partial charge is 0.171 e. The van der Waals surface area contributed by atoms with Gasteiger partial charge in [0.1, 0.15) is 0 Å². The van der Waals surface area contributed by atoms with E-state index in [4.69, 9.17) is 23.7 Å². The van der Waals surface area contributed by atoms with E-state index in [1.165, 1.54) is 27.4 Å². The molecule has 2 fully saturated rings. The number of phenols is 3. The van der Waals surface area contributed by atoms with Crippen molar-refractivity contribution in [2.45, 2.75) is 18.6 Å². The van der Waals surface area contributed by atoms with Crippen molar-refractivity contribution in [3.63, 3.8) is 0 Å². The molecule has 0 aliphatic carbocycles. The van der Waals surface area contributed by atoms with E-state index in [0.717, 1.165) is 5.56 Å². The highest BCUT2D eigenvalue weighted by atomic mass is 16.5. The summed E-state index contributed by atoms with van der Waals surface area (Å²) in [5.74, 6) is 0.369. The third-order valence-corrected chi connectivity index (χ3v) is 7.35. The van der Waals surface area contributed by atoms with Crippen molar-refractivity contribution < 1.29 is 43.8 Å². The minimum absolute atomic E-state index is 0.0117. The molecular weight excluding hydrogens is 492 g/mol. The zero-order chi connectivity index (χ0) is 27.0. The lowest BCUT2D eigenvalue weighted by Crippen LogP contribution is -2.15. The molecule has 5 rings (SSSR count). The van der Waals surface area contributed by atoms with Crippen LogP contribution >= 0.6 is 0 Å². The Morgan fingerprint density at radius 2 is 1.32 bits per heavy atom. The Balaban J connectivity index is 1.41. The lowest BCUT2D eigenvalue weighted by Gasteiger charge is -2.19. The molecule has 3 aromatic rings. The number of aromatic hydroxyl groups is 3. The summed E-state index contributed by atoms with van der Waals surface area (Å²) in [6, 6.07) is 13.2. The fourth-order valence-corrected chi connectivity index (χ4v) is 5.38. The van der Waals surface area contributed by atoms with Crippen molar-refractivity contribution >= 4 is 5.78 Å². The van der Waals surface area contributed by atoms with Crippen LogP contribution in [-0.4, -0.2) is 55.6 Å². The summed E-state index contributed by atoms with van der Waals surface area (Å²) < 4.78 is 28.2. The van der Waals surface area contributed by atoms with E-state index in [9.17, 15) is 20.1 Å². The molecule has 9 nitrogen and oxygen atoms in total. The molecular formula is C29H30O9. The fourth-order valence-electron chi connectivity index (χ4n) is 5.38. The molecule has 9 heteroatoms. The van der Waals surface area contributed by atoms with Gasteiger partial charge in [0.15, 0.2) is 40.3 Å². The van der Waals surface area contributed by atoms with Crippen molar-refractivity contribution in [3.8, 4) is 34.5 Å². The molecule has 3 aromatic carbocycles. The normalized spacial score (nSPS) is 22.2. The zero-order valence-corrected chi connectivity index (χ0v) is 21.3. The minimum atomic E-state index is -0.362. The van der Waals surface area contributed by atoms with Crippen LogP contribution in [0.4, 0.5) is 0 Å². The Morgan fingerprint density at radius 1 is 0.763 bits per heavy atom. The van der Waals surface area contributed by atoms with Gasteiger partial charge in [0.05, 0.1) is 52.3 Å². The van der Waals surface area contributed by atoms with E-state index in [1.807, 2.05) is 6.07 Å². The first-order valence-electron chi connectivity index (χ1n) is 12.2. The Labute approximate surface area is 220 Å². The summed E-state index contributed by atoms with van der Waals surface area (Å²) in [6.45, 7) is 0.895.